The number of pyridine rings is 1. The number of amides is 1. The van der Waals surface area contributed by atoms with Gasteiger partial charge >= 0.3 is 0 Å². The van der Waals surface area contributed by atoms with Crippen LogP contribution in [0.3, 0.4) is 0 Å². The largest absolute Gasteiger partial charge is 0.356 e. The molecular formula is C27H31N5O3S2. The van der Waals surface area contributed by atoms with Gasteiger partial charge in [-0.05, 0) is 43.9 Å². The van der Waals surface area contributed by atoms with Crippen LogP contribution in [0.1, 0.15) is 37.1 Å². The molecule has 0 saturated carbocycles. The number of thiocarbonyl (C=S) groups is 1. The predicted octanol–water partition coefficient (Wildman–Crippen LogP) is 3.50. The summed E-state index contributed by atoms with van der Waals surface area (Å²) in [6.45, 7) is 6.00. The van der Waals surface area contributed by atoms with Crippen LogP contribution in [0.2, 0.25) is 0 Å². The van der Waals surface area contributed by atoms with E-state index in [4.69, 9.17) is 12.2 Å². The Labute approximate surface area is 225 Å². The fraction of sp³-hybridized carbons (Fsp3) is 0.407. The number of hydrogen-bond donors (Lipinski definition) is 1. The molecule has 8 nitrogen and oxygen atoms in total. The third-order valence-corrected chi connectivity index (χ3v) is 9.29. The molecule has 3 atom stereocenters. The maximum absolute atomic E-state index is 13.3. The highest BCUT2D eigenvalue weighted by atomic mass is 32.2. The second-order valence-corrected chi connectivity index (χ2v) is 11.6. The molecule has 37 heavy (non-hydrogen) atoms. The van der Waals surface area contributed by atoms with Gasteiger partial charge in [-0.1, -0.05) is 55.2 Å². The zero-order valence-electron chi connectivity index (χ0n) is 21.2. The van der Waals surface area contributed by atoms with Gasteiger partial charge in [0.1, 0.15) is 10.0 Å². The first-order valence-electron chi connectivity index (χ1n) is 12.6. The van der Waals surface area contributed by atoms with Gasteiger partial charge in [-0.25, -0.2) is 4.68 Å². The van der Waals surface area contributed by atoms with Crippen molar-refractivity contribution in [2.24, 2.45) is 13.0 Å². The average molecular weight is 538 g/mol. The molecule has 2 aliphatic heterocycles. The fourth-order valence-corrected chi connectivity index (χ4v) is 6.85. The van der Waals surface area contributed by atoms with Crippen LogP contribution in [0.5, 0.6) is 0 Å². The molecule has 0 radical (unpaired) electrons. The van der Waals surface area contributed by atoms with Gasteiger partial charge in [-0.2, -0.15) is 0 Å². The van der Waals surface area contributed by atoms with Gasteiger partial charge in [0.15, 0.2) is 0 Å². The van der Waals surface area contributed by atoms with Crippen molar-refractivity contribution in [3.8, 4) is 5.69 Å². The second kappa shape index (κ2) is 10.3. The van der Waals surface area contributed by atoms with E-state index in [1.165, 1.54) is 11.8 Å². The number of piperidine rings is 1. The zero-order chi connectivity index (χ0) is 26.3. The van der Waals surface area contributed by atoms with Gasteiger partial charge in [-0.15, -0.1) is 0 Å². The minimum Gasteiger partial charge on any atom is -0.356 e. The standard InChI is InChI=1S/C27H31N5O3S2/c1-4-22(25(34)28-24-17(2)29(3)32(26(24)35)20-9-6-5-7-10-20)37-27(36)30-14-18-13-19(16-30)21-11-8-12-23(33)31(21)15-18/h5-12,18-19,22H,4,13-16H2,1-3H3,(H,28,34). The quantitative estimate of drug-likeness (QED) is 0.502. The number of thioether (sulfide) groups is 1. The Morgan fingerprint density at radius 1 is 1.11 bits per heavy atom. The molecule has 4 heterocycles. The summed E-state index contributed by atoms with van der Waals surface area (Å²) in [5, 5.41) is 2.47. The Morgan fingerprint density at radius 2 is 1.86 bits per heavy atom. The number of likely N-dealkylation sites (tertiary alicyclic amines) is 1. The number of aromatic nitrogens is 3. The molecule has 1 amide bonds. The topological polar surface area (TPSA) is 81.3 Å². The molecule has 1 aromatic carbocycles. The van der Waals surface area contributed by atoms with Crippen molar-refractivity contribution in [3.05, 3.63) is 80.6 Å². The number of para-hydroxylation sites is 1. The first-order valence-corrected chi connectivity index (χ1v) is 13.9. The van der Waals surface area contributed by atoms with E-state index in [9.17, 15) is 14.4 Å². The molecule has 2 aromatic heterocycles. The highest BCUT2D eigenvalue weighted by Gasteiger charge is 2.36. The third kappa shape index (κ3) is 4.80. The van der Waals surface area contributed by atoms with Crippen LogP contribution in [0.4, 0.5) is 5.69 Å². The lowest BCUT2D eigenvalue weighted by Crippen LogP contribution is -2.48. The minimum atomic E-state index is -0.423. The van der Waals surface area contributed by atoms with Gasteiger partial charge in [0.2, 0.25) is 5.91 Å². The first-order chi connectivity index (χ1) is 17.8. The Hall–Kier alpha value is -3.11. The van der Waals surface area contributed by atoms with Crippen LogP contribution in [0.25, 0.3) is 5.69 Å². The second-order valence-electron chi connectivity index (χ2n) is 9.81. The van der Waals surface area contributed by atoms with E-state index in [1.807, 2.05) is 60.9 Å². The van der Waals surface area contributed by atoms with E-state index >= 15 is 0 Å². The lowest BCUT2D eigenvalue weighted by molar-refractivity contribution is -0.115. The number of anilines is 1. The third-order valence-electron chi connectivity index (χ3n) is 7.45. The summed E-state index contributed by atoms with van der Waals surface area (Å²) in [6.07, 6.45) is 1.63. The van der Waals surface area contributed by atoms with E-state index in [2.05, 4.69) is 10.2 Å². The molecule has 2 aliphatic rings. The summed E-state index contributed by atoms with van der Waals surface area (Å²) in [4.78, 5) is 41.0. The van der Waals surface area contributed by atoms with Crippen molar-refractivity contribution in [2.45, 2.75) is 44.4 Å². The molecule has 10 heteroatoms. The first kappa shape index (κ1) is 25.5. The highest BCUT2D eigenvalue weighted by molar-refractivity contribution is 8.23. The minimum absolute atomic E-state index is 0.0582. The predicted molar refractivity (Wildman–Crippen MR) is 152 cm³/mol. The van der Waals surface area contributed by atoms with Crippen LogP contribution >= 0.6 is 24.0 Å². The van der Waals surface area contributed by atoms with E-state index in [0.29, 0.717) is 28.9 Å². The van der Waals surface area contributed by atoms with Gasteiger partial charge < -0.3 is 14.8 Å². The number of rotatable bonds is 5. The van der Waals surface area contributed by atoms with Crippen molar-refractivity contribution in [3.63, 3.8) is 0 Å². The molecule has 194 valence electrons. The lowest BCUT2D eigenvalue weighted by atomic mass is 9.83. The highest BCUT2D eigenvalue weighted by Crippen LogP contribution is 2.36. The number of hydrogen-bond acceptors (Lipinski definition) is 5. The summed E-state index contributed by atoms with van der Waals surface area (Å²) in [7, 11) is 1.81. The molecular weight excluding hydrogens is 506 g/mol. The lowest BCUT2D eigenvalue weighted by Gasteiger charge is -2.43. The molecule has 3 aromatic rings. The summed E-state index contributed by atoms with van der Waals surface area (Å²) in [5.41, 5.74) is 2.57. The number of nitrogens with one attached hydrogen (secondary N) is 1. The summed E-state index contributed by atoms with van der Waals surface area (Å²) < 4.78 is 5.90. The van der Waals surface area contributed by atoms with Crippen molar-refractivity contribution in [1.29, 1.82) is 0 Å². The molecule has 2 bridgehead atoms. The summed E-state index contributed by atoms with van der Waals surface area (Å²) in [6, 6.07) is 14.8. The maximum atomic E-state index is 13.3. The van der Waals surface area contributed by atoms with E-state index in [-0.39, 0.29) is 28.6 Å². The number of nitrogens with zero attached hydrogens (tertiary/aromatic N) is 4. The Bertz CT molecular complexity index is 1460. The van der Waals surface area contributed by atoms with Crippen molar-refractivity contribution in [2.75, 3.05) is 18.4 Å². The SMILES string of the molecule is CCC(SC(=S)N1CC2CC(C1)c1cccc(=O)n1C2)C(=O)Nc1c(C)n(C)n(-c2ccccc2)c1=O. The smallest absolute Gasteiger partial charge is 0.295 e. The van der Waals surface area contributed by atoms with Crippen molar-refractivity contribution >= 4 is 39.9 Å². The molecule has 1 fully saturated rings. The zero-order valence-corrected chi connectivity index (χ0v) is 22.8. The Morgan fingerprint density at radius 3 is 2.59 bits per heavy atom. The molecule has 0 spiro atoms. The van der Waals surface area contributed by atoms with Crippen molar-refractivity contribution in [1.82, 2.24) is 18.8 Å². The van der Waals surface area contributed by atoms with Crippen LogP contribution in [0, 0.1) is 12.8 Å². The van der Waals surface area contributed by atoms with Crippen LogP contribution in [-0.4, -0.2) is 47.4 Å². The number of benzene rings is 1. The Balaban J connectivity index is 1.29. The van der Waals surface area contributed by atoms with Gasteiger partial charge in [-0.3, -0.25) is 19.1 Å². The summed E-state index contributed by atoms with van der Waals surface area (Å²) >= 11 is 7.20. The number of carbonyl (C=O) groups is 1. The van der Waals surface area contributed by atoms with Gasteiger partial charge in [0.25, 0.3) is 11.1 Å². The molecule has 1 N–H and O–H groups in total. The molecule has 1 saturated heterocycles. The van der Waals surface area contributed by atoms with Gasteiger partial charge in [0, 0.05) is 44.4 Å². The normalized spacial score (nSPS) is 19.3. The molecule has 3 unspecified atom stereocenters. The van der Waals surface area contributed by atoms with Crippen LogP contribution < -0.4 is 16.4 Å². The maximum Gasteiger partial charge on any atom is 0.295 e. The fourth-order valence-electron chi connectivity index (χ4n) is 5.48. The van der Waals surface area contributed by atoms with E-state index < -0.39 is 5.25 Å². The molecule has 5 rings (SSSR count). The summed E-state index contributed by atoms with van der Waals surface area (Å²) in [5.74, 6) is 0.370. The monoisotopic (exact) mass is 537 g/mol. The average Bonchev–Trinajstić information content (AvgIpc) is 3.11. The Kier molecular flexibility index (Phi) is 7.13. The van der Waals surface area contributed by atoms with E-state index in [1.54, 1.807) is 22.5 Å². The van der Waals surface area contributed by atoms with Crippen LogP contribution in [-0.2, 0) is 18.4 Å². The number of carbonyl (C=O) groups excluding carboxylic acids is 1. The number of fused-ring (bicyclic) bond motifs is 4. The van der Waals surface area contributed by atoms with Crippen molar-refractivity contribution < 1.29 is 4.79 Å². The van der Waals surface area contributed by atoms with E-state index in [0.717, 1.165) is 30.9 Å². The molecule has 0 aliphatic carbocycles. The van der Waals surface area contributed by atoms with Crippen LogP contribution in [0.15, 0.2) is 58.1 Å². The van der Waals surface area contributed by atoms with Gasteiger partial charge in [0.05, 0.1) is 16.6 Å².